The minimum Gasteiger partial charge on any atom is -0.548 e. The molecule has 2 heterocycles. The van der Waals surface area contributed by atoms with E-state index in [9.17, 15) is 24.6 Å². The normalized spacial score (nSPS) is 26.4. The average Bonchev–Trinajstić information content (AvgIpc) is 2.82. The van der Waals surface area contributed by atoms with Gasteiger partial charge in [-0.1, -0.05) is 30.3 Å². The molecule has 2 aliphatic rings. The molecule has 9 heteroatoms. The molecule has 2 saturated heterocycles. The zero-order valence-electron chi connectivity index (χ0n) is 15.8. The first-order valence-electron chi connectivity index (χ1n) is 8.33. The summed E-state index contributed by atoms with van der Waals surface area (Å²) in [5.41, 5.74) is 0.908. The van der Waals surface area contributed by atoms with Crippen molar-refractivity contribution in [3.63, 3.8) is 0 Å². The molecule has 0 saturated carbocycles. The van der Waals surface area contributed by atoms with Gasteiger partial charge in [0.1, 0.15) is 12.0 Å². The Bertz CT molecular complexity index is 745. The van der Waals surface area contributed by atoms with Gasteiger partial charge in [-0.05, 0) is 19.4 Å². The van der Waals surface area contributed by atoms with Crippen molar-refractivity contribution in [2.45, 2.75) is 42.7 Å². The van der Waals surface area contributed by atoms with Gasteiger partial charge < -0.3 is 24.8 Å². The topological polar surface area (TPSA) is 101 Å². The fourth-order valence-electron chi connectivity index (χ4n) is 3.63. The van der Waals surface area contributed by atoms with Gasteiger partial charge in [0, 0.05) is 18.3 Å². The molecule has 2 aliphatic heterocycles. The largest absolute Gasteiger partial charge is 1.00 e. The van der Waals surface area contributed by atoms with Crippen molar-refractivity contribution in [3.8, 4) is 0 Å². The molecular weight excluding hydrogens is 379 g/mol. The summed E-state index contributed by atoms with van der Waals surface area (Å²) in [7, 11) is 1.56. The number of aliphatic carboxylic acids is 1. The predicted octanol–water partition coefficient (Wildman–Crippen LogP) is -3.56. The van der Waals surface area contributed by atoms with E-state index >= 15 is 0 Å². The van der Waals surface area contributed by atoms with Gasteiger partial charge in [-0.25, -0.2) is 0 Å². The Morgan fingerprint density at radius 2 is 1.93 bits per heavy atom. The summed E-state index contributed by atoms with van der Waals surface area (Å²) in [6.45, 7) is 3.75. The zero-order valence-corrected chi connectivity index (χ0v) is 18.6. The van der Waals surface area contributed by atoms with Crippen LogP contribution in [-0.4, -0.2) is 62.0 Å². The van der Waals surface area contributed by atoms with Crippen molar-refractivity contribution in [1.82, 2.24) is 9.80 Å². The molecule has 1 N–H and O–H groups in total. The summed E-state index contributed by atoms with van der Waals surface area (Å²) in [6, 6.07) is 8.25. The number of carboxylic acids is 1. The maximum Gasteiger partial charge on any atom is 1.00 e. The number of carboxylic acid groups (broad SMARTS) is 1. The van der Waals surface area contributed by atoms with Crippen molar-refractivity contribution in [3.05, 3.63) is 35.9 Å². The number of aliphatic hydroxyl groups is 1. The second kappa shape index (κ2) is 8.13. The number of likely N-dealkylation sites (N-methyl/N-ethyl adjacent to an activating group) is 1. The van der Waals surface area contributed by atoms with Gasteiger partial charge >= 0.3 is 29.6 Å². The second-order valence-corrected chi connectivity index (χ2v) is 9.00. The molecule has 0 aliphatic carbocycles. The molecule has 2 fully saturated rings. The molecule has 27 heavy (non-hydrogen) atoms. The van der Waals surface area contributed by atoms with Crippen LogP contribution in [0, 0.1) is 5.92 Å². The summed E-state index contributed by atoms with van der Waals surface area (Å²) in [6.07, 6.45) is -1.50. The van der Waals surface area contributed by atoms with Crippen LogP contribution >= 0.6 is 11.8 Å². The first kappa shape index (κ1) is 22.2. The molecule has 1 aromatic carbocycles. The van der Waals surface area contributed by atoms with E-state index in [1.54, 1.807) is 20.9 Å². The van der Waals surface area contributed by atoms with E-state index < -0.39 is 46.0 Å². The van der Waals surface area contributed by atoms with Gasteiger partial charge in [0.2, 0.25) is 5.91 Å². The van der Waals surface area contributed by atoms with Gasteiger partial charge in [-0.15, -0.1) is 11.8 Å². The van der Waals surface area contributed by atoms with Crippen LogP contribution in [-0.2, 0) is 20.9 Å². The molecule has 0 unspecified atom stereocenters. The molecule has 0 radical (unpaired) electrons. The molecule has 2 amide bonds. The van der Waals surface area contributed by atoms with Crippen LogP contribution in [0.2, 0.25) is 0 Å². The van der Waals surface area contributed by atoms with Crippen molar-refractivity contribution < 1.29 is 54.2 Å². The van der Waals surface area contributed by atoms with Crippen molar-refractivity contribution in [1.29, 1.82) is 0 Å². The minimum absolute atomic E-state index is 0. The van der Waals surface area contributed by atoms with Gasteiger partial charge in [0.25, 0.3) is 5.91 Å². The minimum atomic E-state index is -1.50. The summed E-state index contributed by atoms with van der Waals surface area (Å²) in [4.78, 5) is 39.0. The van der Waals surface area contributed by atoms with E-state index in [-0.39, 0.29) is 29.6 Å². The third kappa shape index (κ3) is 3.91. The molecule has 7 nitrogen and oxygen atoms in total. The van der Waals surface area contributed by atoms with Crippen LogP contribution in [0.1, 0.15) is 19.4 Å². The van der Waals surface area contributed by atoms with Crippen LogP contribution in [0.4, 0.5) is 0 Å². The van der Waals surface area contributed by atoms with E-state index in [4.69, 9.17) is 0 Å². The zero-order chi connectivity index (χ0) is 19.2. The summed E-state index contributed by atoms with van der Waals surface area (Å²) in [5.74, 6) is -3.33. The first-order chi connectivity index (χ1) is 12.1. The Balaban J connectivity index is 0.00000261. The third-order valence-corrected chi connectivity index (χ3v) is 6.53. The monoisotopic (exact) mass is 400 g/mol. The standard InChI is InChI=1S/C18H22N2O5S.Na/c1-18(2)13(17(24)25)20-14(22)11(16(20)26-18)12(21)15(23)19(3)9-10-7-5-4-6-8-10;/h4-8,11-13,16,21H,9H2,1-3H3,(H,24,25);/q;+1/p-1/t11-,12+,13+,16-;/m1./s1. The van der Waals surface area contributed by atoms with Gasteiger partial charge in [0.15, 0.2) is 0 Å². The number of fused-ring (bicyclic) bond motifs is 1. The molecule has 0 bridgehead atoms. The Labute approximate surface area is 184 Å². The van der Waals surface area contributed by atoms with Crippen LogP contribution in [0.15, 0.2) is 30.3 Å². The van der Waals surface area contributed by atoms with Crippen molar-refractivity contribution in [2.24, 2.45) is 5.92 Å². The predicted molar refractivity (Wildman–Crippen MR) is 93.5 cm³/mol. The summed E-state index contributed by atoms with van der Waals surface area (Å²) in [5, 5.41) is 21.4. The number of carbonyl (C=O) groups excluding carboxylic acids is 3. The number of β-lactam (4-membered cyclic amide) rings is 1. The van der Waals surface area contributed by atoms with E-state index in [2.05, 4.69) is 0 Å². The van der Waals surface area contributed by atoms with Crippen LogP contribution in [0.3, 0.4) is 0 Å². The fraction of sp³-hybridized carbons (Fsp3) is 0.500. The SMILES string of the molecule is CN(Cc1ccccc1)C(=O)[C@@H](O)[C@@H]1C(=O)N2[C@@H]1SC(C)(C)[C@@H]2C(=O)[O-].[Na+]. The molecule has 3 rings (SSSR count). The number of aliphatic hydroxyl groups excluding tert-OH is 1. The number of nitrogens with zero attached hydrogens (tertiary/aromatic N) is 2. The number of hydrogen-bond donors (Lipinski definition) is 1. The van der Waals surface area contributed by atoms with E-state index in [1.807, 2.05) is 30.3 Å². The Morgan fingerprint density at radius 3 is 2.48 bits per heavy atom. The first-order valence-corrected chi connectivity index (χ1v) is 9.21. The van der Waals surface area contributed by atoms with Crippen molar-refractivity contribution >= 4 is 29.5 Å². The summed E-state index contributed by atoms with van der Waals surface area (Å²) >= 11 is 1.28. The van der Waals surface area contributed by atoms with Crippen LogP contribution in [0.5, 0.6) is 0 Å². The molecule has 4 atom stereocenters. The van der Waals surface area contributed by atoms with E-state index in [0.29, 0.717) is 6.54 Å². The van der Waals surface area contributed by atoms with Gasteiger partial charge in [0.05, 0.1) is 17.4 Å². The van der Waals surface area contributed by atoms with E-state index in [1.165, 1.54) is 21.6 Å². The van der Waals surface area contributed by atoms with Gasteiger partial charge in [-0.2, -0.15) is 0 Å². The second-order valence-electron chi connectivity index (χ2n) is 7.23. The molecule has 140 valence electrons. The smallest absolute Gasteiger partial charge is 0.548 e. The Kier molecular flexibility index (Phi) is 6.69. The Hall–Kier alpha value is -1.06. The molecule has 1 aromatic rings. The van der Waals surface area contributed by atoms with Crippen LogP contribution < -0.4 is 34.7 Å². The van der Waals surface area contributed by atoms with Crippen molar-refractivity contribution in [2.75, 3.05) is 7.05 Å². The number of carbonyl (C=O) groups is 3. The third-order valence-electron chi connectivity index (χ3n) is 4.94. The number of amides is 2. The average molecular weight is 400 g/mol. The quantitative estimate of drug-likeness (QED) is 0.406. The maximum atomic E-state index is 12.6. The van der Waals surface area contributed by atoms with Crippen LogP contribution in [0.25, 0.3) is 0 Å². The molecule has 0 aromatic heterocycles. The number of benzene rings is 1. The van der Waals surface area contributed by atoms with Gasteiger partial charge in [-0.3, -0.25) is 9.59 Å². The maximum absolute atomic E-state index is 12.6. The molecular formula is C18H21N2NaO5S. The van der Waals surface area contributed by atoms with E-state index in [0.717, 1.165) is 5.56 Å². The number of thioether (sulfide) groups is 1. The molecule has 0 spiro atoms. The Morgan fingerprint density at radius 1 is 1.33 bits per heavy atom. The fourth-order valence-corrected chi connectivity index (χ4v) is 5.34. The number of rotatable bonds is 5. The number of hydrogen-bond acceptors (Lipinski definition) is 6. The summed E-state index contributed by atoms with van der Waals surface area (Å²) < 4.78 is -0.743.